The van der Waals surface area contributed by atoms with Crippen LogP contribution in [0.15, 0.2) is 119 Å². The summed E-state index contributed by atoms with van der Waals surface area (Å²) in [5.74, 6) is -0.797. The molecule has 0 aliphatic rings. The molecule has 0 amide bonds. The molecule has 0 aromatic heterocycles. The van der Waals surface area contributed by atoms with Gasteiger partial charge in [0.25, 0.3) is 9.05 Å². The first-order valence-corrected chi connectivity index (χ1v) is 18.5. The lowest BCUT2D eigenvalue weighted by atomic mass is 10.0. The van der Waals surface area contributed by atoms with Gasteiger partial charge in [-0.1, -0.05) is 86.6 Å². The zero-order valence-corrected chi connectivity index (χ0v) is 29.1. The molecule has 4 rings (SSSR count). The minimum Gasteiger partial charge on any atom is -0.469 e. The smallest absolute Gasteiger partial charge is 0.308 e. The summed E-state index contributed by atoms with van der Waals surface area (Å²) < 4.78 is 55.2. The fourth-order valence-electron chi connectivity index (χ4n) is 4.22. The Morgan fingerprint density at radius 2 is 0.979 bits per heavy atom. The SMILES string of the molecule is COC(=O)[C@H](C)Cc1ccc(CS(=O)(=O)c2ccccc2)cc1.COC(=O)[C@H](C)Cc1ccc(N)cc1.O=S(=O)(Cl)c1ccccc1. The Kier molecular flexibility index (Phi) is 15.6. The number of carbonyl (C=O) groups is 2. The van der Waals surface area contributed by atoms with Gasteiger partial charge in [0.05, 0.1) is 41.6 Å². The van der Waals surface area contributed by atoms with Crippen LogP contribution >= 0.6 is 10.7 Å². The van der Waals surface area contributed by atoms with Crippen LogP contribution in [-0.4, -0.2) is 43.0 Å². The monoisotopic (exact) mass is 701 g/mol. The number of carbonyl (C=O) groups excluding carboxylic acids is 2. The molecule has 0 saturated heterocycles. The van der Waals surface area contributed by atoms with Crippen molar-refractivity contribution in [1.82, 2.24) is 0 Å². The van der Waals surface area contributed by atoms with Gasteiger partial charge in [0.1, 0.15) is 0 Å². The zero-order valence-electron chi connectivity index (χ0n) is 26.7. The second kappa shape index (κ2) is 18.8. The van der Waals surface area contributed by atoms with E-state index in [-0.39, 0.29) is 34.4 Å². The third kappa shape index (κ3) is 14.0. The van der Waals surface area contributed by atoms with E-state index in [0.29, 0.717) is 17.7 Å². The molecule has 0 spiro atoms. The van der Waals surface area contributed by atoms with Gasteiger partial charge in [0.2, 0.25) is 0 Å². The van der Waals surface area contributed by atoms with Gasteiger partial charge in [0, 0.05) is 16.4 Å². The minimum atomic E-state index is -3.53. The maximum absolute atomic E-state index is 12.3. The number of nitrogens with two attached hydrogens (primary N) is 1. The molecule has 0 fully saturated rings. The molecule has 4 aromatic carbocycles. The lowest BCUT2D eigenvalue weighted by Crippen LogP contribution is -2.15. The Labute approximate surface area is 282 Å². The Balaban J connectivity index is 0.000000271. The maximum atomic E-state index is 12.3. The number of rotatable bonds is 10. The first kappa shape index (κ1) is 39.0. The Bertz CT molecular complexity index is 1770. The van der Waals surface area contributed by atoms with E-state index in [2.05, 4.69) is 4.74 Å². The predicted molar refractivity (Wildman–Crippen MR) is 184 cm³/mol. The van der Waals surface area contributed by atoms with Gasteiger partial charge in [-0.05, 0) is 65.9 Å². The van der Waals surface area contributed by atoms with Crippen molar-refractivity contribution >= 4 is 47.2 Å². The average Bonchev–Trinajstić information content (AvgIpc) is 3.06. The lowest BCUT2D eigenvalue weighted by molar-refractivity contribution is -0.145. The molecule has 252 valence electrons. The van der Waals surface area contributed by atoms with Crippen LogP contribution in [0, 0.1) is 11.8 Å². The quantitative estimate of drug-likeness (QED) is 0.115. The first-order chi connectivity index (χ1) is 22.2. The van der Waals surface area contributed by atoms with Crippen molar-refractivity contribution < 1.29 is 35.9 Å². The molecule has 12 heteroatoms. The van der Waals surface area contributed by atoms with E-state index in [9.17, 15) is 26.4 Å². The van der Waals surface area contributed by atoms with Crippen molar-refractivity contribution in [2.75, 3.05) is 20.0 Å². The number of nitrogen functional groups attached to an aromatic ring is 1. The summed E-state index contributed by atoms with van der Waals surface area (Å²) in [5.41, 5.74) is 9.08. The molecule has 0 heterocycles. The molecule has 2 N–H and O–H groups in total. The molecule has 47 heavy (non-hydrogen) atoms. The van der Waals surface area contributed by atoms with E-state index in [4.69, 9.17) is 21.2 Å². The molecule has 9 nitrogen and oxygen atoms in total. The molecule has 4 aromatic rings. The second-order valence-corrected chi connectivity index (χ2v) is 15.2. The van der Waals surface area contributed by atoms with Gasteiger partial charge in [0.15, 0.2) is 9.84 Å². The molecular weight excluding hydrogens is 662 g/mol. The van der Waals surface area contributed by atoms with Crippen molar-refractivity contribution in [2.24, 2.45) is 11.8 Å². The molecule has 2 atom stereocenters. The molecule has 0 radical (unpaired) electrons. The number of ether oxygens (including phenoxy) is 2. The van der Waals surface area contributed by atoms with E-state index in [1.165, 1.54) is 26.4 Å². The average molecular weight is 702 g/mol. The summed E-state index contributed by atoms with van der Waals surface area (Å²) >= 11 is 0. The molecule has 0 unspecified atom stereocenters. The number of sulfone groups is 1. The molecule has 0 aliphatic carbocycles. The zero-order chi connectivity index (χ0) is 35.0. The van der Waals surface area contributed by atoms with Crippen molar-refractivity contribution in [2.45, 2.75) is 42.2 Å². The van der Waals surface area contributed by atoms with Gasteiger partial charge in [-0.15, -0.1) is 0 Å². The number of esters is 2. The highest BCUT2D eigenvalue weighted by atomic mass is 35.7. The highest BCUT2D eigenvalue weighted by molar-refractivity contribution is 8.13. The van der Waals surface area contributed by atoms with Crippen LogP contribution in [0.3, 0.4) is 0 Å². The Morgan fingerprint density at radius 1 is 0.617 bits per heavy atom. The van der Waals surface area contributed by atoms with Gasteiger partial charge >= 0.3 is 11.9 Å². The van der Waals surface area contributed by atoms with Crippen LogP contribution in [0.25, 0.3) is 0 Å². The second-order valence-electron chi connectivity index (χ2n) is 10.6. The number of anilines is 1. The van der Waals surface area contributed by atoms with Crippen LogP contribution in [0.4, 0.5) is 5.69 Å². The van der Waals surface area contributed by atoms with Gasteiger partial charge in [-0.25, -0.2) is 16.8 Å². The normalized spacial score (nSPS) is 12.2. The van der Waals surface area contributed by atoms with Crippen LogP contribution in [-0.2, 0) is 56.5 Å². The van der Waals surface area contributed by atoms with E-state index in [0.717, 1.165) is 22.4 Å². The number of hydrogen-bond acceptors (Lipinski definition) is 9. The Hall–Kier alpha value is -4.19. The minimum absolute atomic E-state index is 0.0378. The van der Waals surface area contributed by atoms with Crippen LogP contribution < -0.4 is 5.73 Å². The van der Waals surface area contributed by atoms with Crippen molar-refractivity contribution in [1.29, 1.82) is 0 Å². The van der Waals surface area contributed by atoms with Crippen LogP contribution in [0.2, 0.25) is 0 Å². The molecule has 0 aliphatic heterocycles. The first-order valence-electron chi connectivity index (χ1n) is 14.5. The third-order valence-electron chi connectivity index (χ3n) is 6.78. The largest absolute Gasteiger partial charge is 0.469 e. The summed E-state index contributed by atoms with van der Waals surface area (Å²) in [7, 11) is 0.935. The number of methoxy groups -OCH3 is 2. The number of hydrogen-bond donors (Lipinski definition) is 1. The maximum Gasteiger partial charge on any atom is 0.308 e. The third-order valence-corrected chi connectivity index (χ3v) is 9.85. The van der Waals surface area contributed by atoms with Gasteiger partial charge in [-0.3, -0.25) is 9.59 Å². The summed E-state index contributed by atoms with van der Waals surface area (Å²) in [6.45, 7) is 3.65. The summed E-state index contributed by atoms with van der Waals surface area (Å²) in [6.07, 6.45) is 1.26. The fourth-order valence-corrected chi connectivity index (χ4v) is 6.38. The fraction of sp³-hybridized carbons (Fsp3) is 0.257. The van der Waals surface area contributed by atoms with Crippen LogP contribution in [0.1, 0.15) is 30.5 Å². The topological polar surface area (TPSA) is 147 Å². The molecule has 0 saturated carbocycles. The molecular formula is C35H40ClNO8S2. The van der Waals surface area contributed by atoms with Gasteiger partial charge in [-0.2, -0.15) is 0 Å². The highest BCUT2D eigenvalue weighted by Gasteiger charge is 2.17. The summed E-state index contributed by atoms with van der Waals surface area (Å²) in [5, 5.41) is 0. The Morgan fingerprint density at radius 3 is 1.34 bits per heavy atom. The van der Waals surface area contributed by atoms with Crippen LogP contribution in [0.5, 0.6) is 0 Å². The lowest BCUT2D eigenvalue weighted by Gasteiger charge is -2.10. The van der Waals surface area contributed by atoms with E-state index >= 15 is 0 Å². The number of benzene rings is 4. The summed E-state index contributed by atoms with van der Waals surface area (Å²) in [4.78, 5) is 23.0. The van der Waals surface area contributed by atoms with Crippen molar-refractivity contribution in [3.8, 4) is 0 Å². The molecule has 0 bridgehead atoms. The standard InChI is InChI=1S/C18H20O4S.C11H15NO2.C6H5ClO2S/c1-14(18(19)22-2)12-15-8-10-16(11-9-15)13-23(20,21)17-6-4-3-5-7-17;1-8(11(13)14-2)7-9-3-5-10(12)6-4-9;7-10(8,9)6-4-2-1-3-5-6/h3-11,14H,12-13H2,1-2H3;3-6,8H,7,12H2,1-2H3;1-5H/t14-;8-;/m11./s1. The summed E-state index contributed by atoms with van der Waals surface area (Å²) in [6, 6.07) is 31.1. The highest BCUT2D eigenvalue weighted by Crippen LogP contribution is 2.18. The van der Waals surface area contributed by atoms with Crippen molar-refractivity contribution in [3.05, 3.63) is 126 Å². The van der Waals surface area contributed by atoms with Crippen molar-refractivity contribution in [3.63, 3.8) is 0 Å². The predicted octanol–water partition coefficient (Wildman–Crippen LogP) is 6.25. The van der Waals surface area contributed by atoms with E-state index in [1.807, 2.05) is 43.3 Å². The van der Waals surface area contributed by atoms with E-state index < -0.39 is 18.9 Å². The number of halogens is 1. The van der Waals surface area contributed by atoms with E-state index in [1.54, 1.807) is 67.6 Å². The van der Waals surface area contributed by atoms with Gasteiger partial charge < -0.3 is 15.2 Å².